The predicted octanol–water partition coefficient (Wildman–Crippen LogP) is 0.587. The highest BCUT2D eigenvalue weighted by molar-refractivity contribution is 5.01. The second kappa shape index (κ2) is 4.60. The van der Waals surface area contributed by atoms with E-state index >= 15 is 0 Å². The van der Waals surface area contributed by atoms with Crippen molar-refractivity contribution in [3.8, 4) is 0 Å². The molecule has 1 saturated heterocycles. The summed E-state index contributed by atoms with van der Waals surface area (Å²) in [4.78, 5) is 2.54. The quantitative estimate of drug-likeness (QED) is 0.613. The van der Waals surface area contributed by atoms with E-state index in [9.17, 15) is 0 Å². The van der Waals surface area contributed by atoms with E-state index in [4.69, 9.17) is 5.11 Å². The van der Waals surface area contributed by atoms with Crippen LogP contribution >= 0.6 is 0 Å². The Bertz CT molecular complexity index is 174. The van der Waals surface area contributed by atoms with Gasteiger partial charge in [0, 0.05) is 5.54 Å². The maximum atomic E-state index is 9.09. The zero-order chi connectivity index (χ0) is 9.86. The van der Waals surface area contributed by atoms with Crippen LogP contribution in [0.1, 0.15) is 32.1 Å². The van der Waals surface area contributed by atoms with Crippen molar-refractivity contribution in [2.24, 2.45) is 0 Å². The van der Waals surface area contributed by atoms with Gasteiger partial charge in [0.15, 0.2) is 0 Å². The van der Waals surface area contributed by atoms with Crippen LogP contribution in [0.3, 0.4) is 0 Å². The minimum Gasteiger partial charge on any atom is -0.394 e. The molecular weight excluding hydrogens is 176 g/mol. The molecule has 0 atom stereocenters. The Morgan fingerprint density at radius 3 is 2.50 bits per heavy atom. The molecule has 2 aliphatic rings. The molecule has 1 aliphatic carbocycles. The van der Waals surface area contributed by atoms with Gasteiger partial charge in [-0.2, -0.15) is 0 Å². The molecule has 0 spiro atoms. The molecule has 82 valence electrons. The van der Waals surface area contributed by atoms with Crippen molar-refractivity contribution in [1.82, 2.24) is 10.2 Å². The van der Waals surface area contributed by atoms with Gasteiger partial charge in [0.2, 0.25) is 0 Å². The lowest BCUT2D eigenvalue weighted by atomic mass is 10.3. The summed E-state index contributed by atoms with van der Waals surface area (Å²) in [5.41, 5.74) is 0.130. The first kappa shape index (κ1) is 10.4. The number of likely N-dealkylation sites (tertiary alicyclic amines) is 1. The zero-order valence-electron chi connectivity index (χ0n) is 8.97. The number of aliphatic hydroxyl groups excluding tert-OH is 1. The lowest BCUT2D eigenvalue weighted by Crippen LogP contribution is -2.36. The molecule has 0 aromatic rings. The van der Waals surface area contributed by atoms with Gasteiger partial charge >= 0.3 is 0 Å². The Hall–Kier alpha value is -0.120. The molecule has 2 fully saturated rings. The van der Waals surface area contributed by atoms with Gasteiger partial charge in [-0.15, -0.1) is 0 Å². The Balaban J connectivity index is 1.50. The van der Waals surface area contributed by atoms with Crippen molar-refractivity contribution in [2.75, 3.05) is 32.8 Å². The number of nitrogens with zero attached hydrogens (tertiary/aromatic N) is 1. The van der Waals surface area contributed by atoms with Gasteiger partial charge < -0.3 is 15.3 Å². The first-order chi connectivity index (χ1) is 6.85. The molecule has 1 aliphatic heterocycles. The minimum atomic E-state index is 0.130. The summed E-state index contributed by atoms with van der Waals surface area (Å²) in [6.45, 7) is 5.21. The lowest BCUT2D eigenvalue weighted by molar-refractivity contribution is 0.227. The number of nitrogens with one attached hydrogen (secondary N) is 1. The van der Waals surface area contributed by atoms with E-state index in [0.29, 0.717) is 6.61 Å². The van der Waals surface area contributed by atoms with Crippen molar-refractivity contribution in [3.05, 3.63) is 0 Å². The standard InChI is InChI=1S/C11H22N2O/c14-10-11(4-5-11)12-6-3-9-13-7-1-2-8-13/h12,14H,1-10H2. The molecule has 3 heteroatoms. The van der Waals surface area contributed by atoms with Gasteiger partial charge in [-0.05, 0) is 58.3 Å². The molecule has 0 aromatic heterocycles. The van der Waals surface area contributed by atoms with Crippen LogP contribution in [0.25, 0.3) is 0 Å². The Labute approximate surface area is 86.5 Å². The van der Waals surface area contributed by atoms with Crippen molar-refractivity contribution >= 4 is 0 Å². The first-order valence-corrected chi connectivity index (χ1v) is 5.93. The normalized spacial score (nSPS) is 25.5. The third-order valence-corrected chi connectivity index (χ3v) is 3.51. The van der Waals surface area contributed by atoms with E-state index in [-0.39, 0.29) is 5.54 Å². The first-order valence-electron chi connectivity index (χ1n) is 5.93. The zero-order valence-corrected chi connectivity index (χ0v) is 8.97. The third-order valence-electron chi connectivity index (χ3n) is 3.51. The van der Waals surface area contributed by atoms with Gasteiger partial charge in [0.25, 0.3) is 0 Å². The summed E-state index contributed by atoms with van der Waals surface area (Å²) >= 11 is 0. The van der Waals surface area contributed by atoms with Crippen LogP contribution in [0.2, 0.25) is 0 Å². The Morgan fingerprint density at radius 1 is 1.21 bits per heavy atom. The van der Waals surface area contributed by atoms with Gasteiger partial charge in [0.05, 0.1) is 6.61 Å². The molecule has 0 radical (unpaired) electrons. The molecule has 0 aromatic carbocycles. The van der Waals surface area contributed by atoms with Crippen molar-refractivity contribution in [3.63, 3.8) is 0 Å². The maximum Gasteiger partial charge on any atom is 0.0613 e. The molecule has 0 bridgehead atoms. The molecule has 14 heavy (non-hydrogen) atoms. The summed E-state index contributed by atoms with van der Waals surface area (Å²) in [6.07, 6.45) is 6.31. The third kappa shape index (κ3) is 2.69. The molecular formula is C11H22N2O. The van der Waals surface area contributed by atoms with Crippen LogP contribution in [-0.4, -0.2) is 48.3 Å². The molecule has 0 amide bonds. The van der Waals surface area contributed by atoms with Crippen molar-refractivity contribution < 1.29 is 5.11 Å². The van der Waals surface area contributed by atoms with E-state index in [1.165, 1.54) is 38.9 Å². The van der Waals surface area contributed by atoms with E-state index in [1.54, 1.807) is 0 Å². The van der Waals surface area contributed by atoms with Crippen LogP contribution in [0, 0.1) is 0 Å². The second-order valence-corrected chi connectivity index (χ2v) is 4.77. The van der Waals surface area contributed by atoms with Gasteiger partial charge in [-0.25, -0.2) is 0 Å². The summed E-state index contributed by atoms with van der Waals surface area (Å²) in [7, 11) is 0. The van der Waals surface area contributed by atoms with Crippen molar-refractivity contribution in [1.29, 1.82) is 0 Å². The van der Waals surface area contributed by atoms with Crippen LogP contribution in [0.5, 0.6) is 0 Å². The Kier molecular flexibility index (Phi) is 3.42. The fourth-order valence-electron chi connectivity index (χ4n) is 2.20. The van der Waals surface area contributed by atoms with Crippen molar-refractivity contribution in [2.45, 2.75) is 37.6 Å². The summed E-state index contributed by atoms with van der Waals surface area (Å²) in [5.74, 6) is 0. The van der Waals surface area contributed by atoms with E-state index < -0.39 is 0 Å². The molecule has 2 N–H and O–H groups in total. The number of aliphatic hydroxyl groups is 1. The van der Waals surface area contributed by atoms with Gasteiger partial charge in [-0.3, -0.25) is 0 Å². The molecule has 3 nitrogen and oxygen atoms in total. The highest BCUT2D eigenvalue weighted by atomic mass is 16.3. The minimum absolute atomic E-state index is 0.130. The molecule has 0 unspecified atom stereocenters. The SMILES string of the molecule is OCC1(NCCCN2CCCC2)CC1. The highest BCUT2D eigenvalue weighted by Gasteiger charge is 2.41. The number of hydrogen-bond donors (Lipinski definition) is 2. The fourth-order valence-corrected chi connectivity index (χ4v) is 2.20. The van der Waals surface area contributed by atoms with E-state index in [2.05, 4.69) is 10.2 Å². The largest absolute Gasteiger partial charge is 0.394 e. The average Bonchev–Trinajstić information content (AvgIpc) is 2.81. The molecule has 1 heterocycles. The average molecular weight is 198 g/mol. The predicted molar refractivity (Wildman–Crippen MR) is 57.3 cm³/mol. The smallest absolute Gasteiger partial charge is 0.0613 e. The summed E-state index contributed by atoms with van der Waals surface area (Å²) < 4.78 is 0. The Morgan fingerprint density at radius 2 is 1.93 bits per heavy atom. The van der Waals surface area contributed by atoms with Crippen LogP contribution in [-0.2, 0) is 0 Å². The molecule has 1 saturated carbocycles. The van der Waals surface area contributed by atoms with Gasteiger partial charge in [-0.1, -0.05) is 0 Å². The summed E-state index contributed by atoms with van der Waals surface area (Å²) in [5, 5.41) is 12.6. The lowest BCUT2D eigenvalue weighted by Gasteiger charge is -2.17. The van der Waals surface area contributed by atoms with Crippen LogP contribution in [0.15, 0.2) is 0 Å². The molecule has 2 rings (SSSR count). The number of hydrogen-bond acceptors (Lipinski definition) is 3. The topological polar surface area (TPSA) is 35.5 Å². The van der Waals surface area contributed by atoms with Crippen LogP contribution in [0.4, 0.5) is 0 Å². The highest BCUT2D eigenvalue weighted by Crippen LogP contribution is 2.34. The summed E-state index contributed by atoms with van der Waals surface area (Å²) in [6, 6.07) is 0. The van der Waals surface area contributed by atoms with E-state index in [0.717, 1.165) is 19.4 Å². The monoisotopic (exact) mass is 198 g/mol. The van der Waals surface area contributed by atoms with E-state index in [1.807, 2.05) is 0 Å². The maximum absolute atomic E-state index is 9.09. The number of rotatable bonds is 6. The van der Waals surface area contributed by atoms with Crippen LogP contribution < -0.4 is 5.32 Å². The second-order valence-electron chi connectivity index (χ2n) is 4.77. The van der Waals surface area contributed by atoms with Gasteiger partial charge in [0.1, 0.15) is 0 Å². The fraction of sp³-hybridized carbons (Fsp3) is 1.00.